The summed E-state index contributed by atoms with van der Waals surface area (Å²) in [5, 5.41) is 3.15. The first-order valence-corrected chi connectivity index (χ1v) is 8.95. The largest absolute Gasteiger partial charge is 0.331 e. The van der Waals surface area contributed by atoms with Crippen molar-refractivity contribution in [3.63, 3.8) is 0 Å². The second-order valence-electron chi connectivity index (χ2n) is 7.08. The molecule has 0 aromatic heterocycles. The molecule has 4 amide bonds. The van der Waals surface area contributed by atoms with Gasteiger partial charge >= 0.3 is 12.1 Å². The molecule has 3 rings (SSSR count). The number of hydrogen-bond donors (Lipinski definition) is 1. The molecule has 0 bridgehead atoms. The number of rotatable bonds is 4. The van der Waals surface area contributed by atoms with Crippen molar-refractivity contribution in [1.29, 1.82) is 0 Å². The summed E-state index contributed by atoms with van der Waals surface area (Å²) < 4.78 is 0. The Balaban J connectivity index is 2.29. The van der Waals surface area contributed by atoms with E-state index < -0.39 is 5.66 Å². The van der Waals surface area contributed by atoms with Gasteiger partial charge in [0.05, 0.1) is 0 Å². The van der Waals surface area contributed by atoms with E-state index in [0.29, 0.717) is 0 Å². The highest BCUT2D eigenvalue weighted by Crippen LogP contribution is 2.38. The minimum Gasteiger partial charge on any atom is -0.307 e. The van der Waals surface area contributed by atoms with E-state index >= 15 is 0 Å². The van der Waals surface area contributed by atoms with Gasteiger partial charge in [-0.15, -0.1) is 0 Å². The summed E-state index contributed by atoms with van der Waals surface area (Å²) in [6.07, 6.45) is 0. The normalized spacial score (nSPS) is 17.0. The van der Waals surface area contributed by atoms with Gasteiger partial charge in [-0.1, -0.05) is 60.7 Å². The van der Waals surface area contributed by atoms with Crippen LogP contribution in [0.4, 0.5) is 9.59 Å². The Morgan fingerprint density at radius 1 is 0.769 bits per heavy atom. The molecule has 0 aliphatic carbocycles. The van der Waals surface area contributed by atoms with Crippen molar-refractivity contribution >= 4 is 12.1 Å². The van der Waals surface area contributed by atoms with Crippen LogP contribution in [0.25, 0.3) is 0 Å². The highest BCUT2D eigenvalue weighted by atomic mass is 16.2. The van der Waals surface area contributed by atoms with Crippen LogP contribution < -0.4 is 5.32 Å². The van der Waals surface area contributed by atoms with Crippen molar-refractivity contribution in [2.75, 3.05) is 0 Å². The number of carbonyl (C=O) groups is 2. The maximum atomic E-state index is 13.4. The third kappa shape index (κ3) is 2.73. The smallest absolute Gasteiger partial charge is 0.307 e. The Hall–Kier alpha value is -2.82. The number of hydrogen-bond acceptors (Lipinski definition) is 2. The van der Waals surface area contributed by atoms with Crippen LogP contribution >= 0.6 is 0 Å². The van der Waals surface area contributed by atoms with Crippen LogP contribution in [0.5, 0.6) is 0 Å². The Morgan fingerprint density at radius 3 is 1.62 bits per heavy atom. The van der Waals surface area contributed by atoms with Crippen molar-refractivity contribution in [3.8, 4) is 0 Å². The zero-order valence-corrected chi connectivity index (χ0v) is 15.6. The lowest BCUT2D eigenvalue weighted by Crippen LogP contribution is -2.73. The van der Waals surface area contributed by atoms with Crippen LogP contribution in [0, 0.1) is 0 Å². The zero-order chi connectivity index (χ0) is 18.9. The summed E-state index contributed by atoms with van der Waals surface area (Å²) in [4.78, 5) is 29.4. The molecule has 136 valence electrons. The predicted octanol–water partition coefficient (Wildman–Crippen LogP) is 4.15. The molecule has 0 spiro atoms. The fourth-order valence-electron chi connectivity index (χ4n) is 3.63. The predicted molar refractivity (Wildman–Crippen MR) is 102 cm³/mol. The first kappa shape index (κ1) is 18.0. The number of amides is 4. The molecule has 1 fully saturated rings. The van der Waals surface area contributed by atoms with Crippen molar-refractivity contribution < 1.29 is 9.59 Å². The molecule has 5 nitrogen and oxygen atoms in total. The van der Waals surface area contributed by atoms with Gasteiger partial charge in [-0.3, -0.25) is 4.90 Å². The molecule has 1 N–H and O–H groups in total. The fraction of sp³-hybridized carbons (Fsp3) is 0.333. The molecule has 1 saturated heterocycles. The van der Waals surface area contributed by atoms with Gasteiger partial charge in [0.25, 0.3) is 0 Å². The van der Waals surface area contributed by atoms with E-state index in [1.54, 1.807) is 4.90 Å². The van der Waals surface area contributed by atoms with Crippen molar-refractivity contribution in [1.82, 2.24) is 15.1 Å². The van der Waals surface area contributed by atoms with E-state index in [1.165, 1.54) is 4.90 Å². The van der Waals surface area contributed by atoms with Gasteiger partial charge in [-0.25, -0.2) is 14.5 Å². The van der Waals surface area contributed by atoms with Gasteiger partial charge < -0.3 is 5.32 Å². The molecule has 1 aliphatic rings. The van der Waals surface area contributed by atoms with E-state index in [9.17, 15) is 9.59 Å². The minimum atomic E-state index is -1.05. The summed E-state index contributed by atoms with van der Waals surface area (Å²) in [5.41, 5.74) is 0.658. The molecule has 1 heterocycles. The Morgan fingerprint density at radius 2 is 1.23 bits per heavy atom. The van der Waals surface area contributed by atoms with Gasteiger partial charge in [0.15, 0.2) is 5.66 Å². The van der Waals surface area contributed by atoms with Crippen molar-refractivity contribution in [3.05, 3.63) is 71.8 Å². The van der Waals surface area contributed by atoms with Gasteiger partial charge in [0.2, 0.25) is 0 Å². The molecule has 1 aliphatic heterocycles. The van der Waals surface area contributed by atoms with Crippen LogP contribution in [-0.4, -0.2) is 33.9 Å². The topological polar surface area (TPSA) is 52.7 Å². The summed E-state index contributed by atoms with van der Waals surface area (Å²) in [6.45, 7) is 7.62. The number of carbonyl (C=O) groups excluding carboxylic acids is 2. The molecule has 26 heavy (non-hydrogen) atoms. The molecule has 0 atom stereocenters. The average molecular weight is 351 g/mol. The highest BCUT2D eigenvalue weighted by Gasteiger charge is 2.52. The average Bonchev–Trinajstić information content (AvgIpc) is 2.61. The van der Waals surface area contributed by atoms with Crippen LogP contribution in [0.3, 0.4) is 0 Å². The van der Waals surface area contributed by atoms with Crippen molar-refractivity contribution in [2.24, 2.45) is 0 Å². The standard InChI is InChI=1S/C21H25N3O2/c1-15(2)23-19(25)22-21(17-11-7-5-8-12-17,18-13-9-6-10-14-18)24(16(3)4)20(23)26/h5-16H,1-4H3,(H,22,25). The van der Waals surface area contributed by atoms with Crippen molar-refractivity contribution in [2.45, 2.75) is 45.4 Å². The van der Waals surface area contributed by atoms with Gasteiger partial charge in [-0.2, -0.15) is 0 Å². The summed E-state index contributed by atoms with van der Waals surface area (Å²) in [6, 6.07) is 18.3. The quantitative estimate of drug-likeness (QED) is 0.899. The number of nitrogens with one attached hydrogen (secondary N) is 1. The molecule has 2 aromatic carbocycles. The molecule has 0 radical (unpaired) electrons. The summed E-state index contributed by atoms with van der Waals surface area (Å²) >= 11 is 0. The lowest BCUT2D eigenvalue weighted by molar-refractivity contribution is 0.0398. The first-order chi connectivity index (χ1) is 12.4. The minimum absolute atomic E-state index is 0.121. The SMILES string of the molecule is CC(C)N1C(=O)NC(c2ccccc2)(c2ccccc2)N(C(C)C)C1=O. The van der Waals surface area contributed by atoms with Gasteiger partial charge in [-0.05, 0) is 27.7 Å². The lowest BCUT2D eigenvalue weighted by atomic mass is 9.87. The first-order valence-electron chi connectivity index (χ1n) is 8.95. The van der Waals surface area contributed by atoms with Crippen LogP contribution in [0.15, 0.2) is 60.7 Å². The monoisotopic (exact) mass is 351 g/mol. The number of benzene rings is 2. The molecule has 5 heteroatoms. The van der Waals surface area contributed by atoms with E-state index in [2.05, 4.69) is 5.32 Å². The highest BCUT2D eigenvalue weighted by molar-refractivity contribution is 5.98. The van der Waals surface area contributed by atoms with Gasteiger partial charge in [0, 0.05) is 23.2 Å². The van der Waals surface area contributed by atoms with E-state index in [-0.39, 0.29) is 24.1 Å². The van der Waals surface area contributed by atoms with Crippen LogP contribution in [-0.2, 0) is 5.66 Å². The Bertz CT molecular complexity index is 748. The summed E-state index contributed by atoms with van der Waals surface area (Å²) in [7, 11) is 0. The Labute approximate surface area is 154 Å². The molecule has 0 saturated carbocycles. The zero-order valence-electron chi connectivity index (χ0n) is 15.6. The molecule has 2 aromatic rings. The molecular formula is C21H25N3O2. The molecule has 0 unspecified atom stereocenters. The van der Waals surface area contributed by atoms with Crippen LogP contribution in [0.1, 0.15) is 38.8 Å². The van der Waals surface area contributed by atoms with E-state index in [1.807, 2.05) is 88.4 Å². The fourth-order valence-corrected chi connectivity index (χ4v) is 3.63. The third-order valence-corrected chi connectivity index (χ3v) is 4.70. The Kier molecular flexibility index (Phi) is 4.72. The lowest BCUT2D eigenvalue weighted by Gasteiger charge is -2.53. The number of nitrogens with zero attached hydrogens (tertiary/aromatic N) is 2. The molecular weight excluding hydrogens is 326 g/mol. The van der Waals surface area contributed by atoms with Crippen LogP contribution in [0.2, 0.25) is 0 Å². The second-order valence-corrected chi connectivity index (χ2v) is 7.08. The maximum absolute atomic E-state index is 13.4. The van der Waals surface area contributed by atoms with E-state index in [4.69, 9.17) is 0 Å². The number of imide groups is 1. The maximum Gasteiger partial charge on any atom is 0.331 e. The second kappa shape index (κ2) is 6.83. The third-order valence-electron chi connectivity index (χ3n) is 4.70. The number of urea groups is 2. The van der Waals surface area contributed by atoms with E-state index in [0.717, 1.165) is 11.1 Å². The summed E-state index contributed by atoms with van der Waals surface area (Å²) in [5.74, 6) is 0. The van der Waals surface area contributed by atoms with Gasteiger partial charge in [0.1, 0.15) is 0 Å².